The van der Waals surface area contributed by atoms with Crippen molar-refractivity contribution in [2.45, 2.75) is 25.7 Å². The molecule has 1 aromatic carbocycles. The molecular formula is C15H20N2O2. The molecule has 0 saturated carbocycles. The van der Waals surface area contributed by atoms with Gasteiger partial charge < -0.3 is 10.2 Å². The van der Waals surface area contributed by atoms with E-state index in [9.17, 15) is 9.59 Å². The molecule has 2 rings (SSSR count). The molecule has 0 bridgehead atoms. The maximum absolute atomic E-state index is 11.7. The Bertz CT molecular complexity index is 431. The molecule has 0 radical (unpaired) electrons. The Morgan fingerprint density at radius 1 is 1.26 bits per heavy atom. The molecule has 2 amide bonds. The predicted molar refractivity (Wildman–Crippen MR) is 73.6 cm³/mol. The van der Waals surface area contributed by atoms with Crippen molar-refractivity contribution >= 4 is 11.8 Å². The van der Waals surface area contributed by atoms with Crippen molar-refractivity contribution in [3.63, 3.8) is 0 Å². The number of hydrogen-bond acceptors (Lipinski definition) is 2. The van der Waals surface area contributed by atoms with E-state index in [1.165, 1.54) is 5.56 Å². The Balaban J connectivity index is 1.60. The second-order valence-corrected chi connectivity index (χ2v) is 4.86. The summed E-state index contributed by atoms with van der Waals surface area (Å²) < 4.78 is 0. The summed E-state index contributed by atoms with van der Waals surface area (Å²) in [5.74, 6) is 0.0442. The Hall–Kier alpha value is -1.84. The summed E-state index contributed by atoms with van der Waals surface area (Å²) in [6.07, 6.45) is 3.34. The third kappa shape index (κ3) is 4.39. The number of rotatable bonds is 6. The van der Waals surface area contributed by atoms with Gasteiger partial charge in [-0.15, -0.1) is 0 Å². The van der Waals surface area contributed by atoms with Crippen LogP contribution in [0.15, 0.2) is 30.3 Å². The van der Waals surface area contributed by atoms with E-state index in [-0.39, 0.29) is 18.4 Å². The van der Waals surface area contributed by atoms with E-state index < -0.39 is 0 Å². The van der Waals surface area contributed by atoms with Crippen LogP contribution < -0.4 is 5.32 Å². The predicted octanol–water partition coefficient (Wildman–Crippen LogP) is 1.36. The molecule has 1 aliphatic heterocycles. The monoisotopic (exact) mass is 260 g/mol. The molecule has 0 unspecified atom stereocenters. The van der Waals surface area contributed by atoms with Crippen LogP contribution in [0.25, 0.3) is 0 Å². The van der Waals surface area contributed by atoms with Gasteiger partial charge in [-0.1, -0.05) is 30.3 Å². The van der Waals surface area contributed by atoms with Crippen molar-refractivity contribution in [1.82, 2.24) is 10.2 Å². The van der Waals surface area contributed by atoms with Crippen LogP contribution in [0.2, 0.25) is 0 Å². The topological polar surface area (TPSA) is 49.4 Å². The van der Waals surface area contributed by atoms with Crippen LogP contribution in [0, 0.1) is 0 Å². The summed E-state index contributed by atoms with van der Waals surface area (Å²) in [6, 6.07) is 10.2. The van der Waals surface area contributed by atoms with Crippen LogP contribution in [0.3, 0.4) is 0 Å². The summed E-state index contributed by atoms with van der Waals surface area (Å²) in [6.45, 7) is 1.59. The van der Waals surface area contributed by atoms with Crippen LogP contribution in [0.1, 0.15) is 24.8 Å². The van der Waals surface area contributed by atoms with Gasteiger partial charge in [-0.2, -0.15) is 0 Å². The van der Waals surface area contributed by atoms with Crippen LogP contribution in [-0.2, 0) is 16.0 Å². The van der Waals surface area contributed by atoms with E-state index in [0.29, 0.717) is 13.0 Å². The molecule has 0 spiro atoms. The van der Waals surface area contributed by atoms with Crippen LogP contribution in [-0.4, -0.2) is 36.3 Å². The molecule has 1 saturated heterocycles. The van der Waals surface area contributed by atoms with E-state index in [4.69, 9.17) is 0 Å². The zero-order chi connectivity index (χ0) is 13.5. The number of carbonyl (C=O) groups is 2. The van der Waals surface area contributed by atoms with Crippen LogP contribution in [0.5, 0.6) is 0 Å². The molecule has 4 nitrogen and oxygen atoms in total. The quantitative estimate of drug-likeness (QED) is 0.785. The largest absolute Gasteiger partial charge is 0.355 e. The van der Waals surface area contributed by atoms with Crippen molar-refractivity contribution in [3.05, 3.63) is 35.9 Å². The highest BCUT2D eigenvalue weighted by Gasteiger charge is 2.21. The van der Waals surface area contributed by atoms with Crippen molar-refractivity contribution < 1.29 is 9.59 Å². The Kier molecular flexibility index (Phi) is 4.95. The second kappa shape index (κ2) is 6.92. The number of carbonyl (C=O) groups excluding carboxylic acids is 2. The van der Waals surface area contributed by atoms with Gasteiger partial charge in [-0.25, -0.2) is 0 Å². The number of benzene rings is 1. The summed E-state index contributed by atoms with van der Waals surface area (Å²) in [4.78, 5) is 24.7. The van der Waals surface area contributed by atoms with E-state index in [0.717, 1.165) is 25.8 Å². The number of aryl methyl sites for hydroxylation is 1. The molecule has 19 heavy (non-hydrogen) atoms. The number of likely N-dealkylation sites (tertiary alicyclic amines) is 1. The highest BCUT2D eigenvalue weighted by Crippen LogP contribution is 2.08. The fraction of sp³-hybridized carbons (Fsp3) is 0.467. The zero-order valence-corrected chi connectivity index (χ0v) is 11.1. The summed E-state index contributed by atoms with van der Waals surface area (Å²) in [7, 11) is 0. The average molecular weight is 260 g/mol. The lowest BCUT2D eigenvalue weighted by molar-refractivity contribution is -0.133. The third-order valence-electron chi connectivity index (χ3n) is 3.31. The first kappa shape index (κ1) is 13.6. The lowest BCUT2D eigenvalue weighted by atomic mass is 10.1. The number of nitrogens with zero attached hydrogens (tertiary/aromatic N) is 1. The van der Waals surface area contributed by atoms with E-state index in [2.05, 4.69) is 17.4 Å². The van der Waals surface area contributed by atoms with Crippen molar-refractivity contribution in [2.24, 2.45) is 0 Å². The molecule has 1 aliphatic rings. The highest BCUT2D eigenvalue weighted by atomic mass is 16.2. The van der Waals surface area contributed by atoms with E-state index in [1.54, 1.807) is 4.90 Å². The van der Waals surface area contributed by atoms with Gasteiger partial charge in [0.05, 0.1) is 6.54 Å². The molecule has 102 valence electrons. The first-order valence-electron chi connectivity index (χ1n) is 6.84. The molecule has 1 aromatic rings. The highest BCUT2D eigenvalue weighted by molar-refractivity contribution is 5.85. The van der Waals surface area contributed by atoms with Crippen molar-refractivity contribution in [3.8, 4) is 0 Å². The van der Waals surface area contributed by atoms with Crippen molar-refractivity contribution in [2.75, 3.05) is 19.6 Å². The number of amides is 2. The molecule has 0 aromatic heterocycles. The van der Waals surface area contributed by atoms with Gasteiger partial charge in [0.1, 0.15) is 0 Å². The standard InChI is InChI=1S/C15H20N2O2/c18-14(12-17-11-5-9-15(17)19)16-10-4-8-13-6-2-1-3-7-13/h1-3,6-7H,4-5,8-12H2,(H,16,18). The van der Waals surface area contributed by atoms with Gasteiger partial charge in [-0.05, 0) is 24.8 Å². The zero-order valence-electron chi connectivity index (χ0n) is 11.1. The number of nitrogens with one attached hydrogen (secondary N) is 1. The minimum atomic E-state index is -0.0525. The molecule has 1 heterocycles. The first-order chi connectivity index (χ1) is 9.25. The summed E-state index contributed by atoms with van der Waals surface area (Å²) >= 11 is 0. The van der Waals surface area contributed by atoms with Gasteiger partial charge in [-0.3, -0.25) is 9.59 Å². The van der Waals surface area contributed by atoms with E-state index in [1.807, 2.05) is 18.2 Å². The Labute approximate surface area is 113 Å². The van der Waals surface area contributed by atoms with Gasteiger partial charge in [0.15, 0.2) is 0 Å². The second-order valence-electron chi connectivity index (χ2n) is 4.86. The smallest absolute Gasteiger partial charge is 0.239 e. The fourth-order valence-corrected chi connectivity index (χ4v) is 2.27. The van der Waals surface area contributed by atoms with Gasteiger partial charge in [0.2, 0.25) is 11.8 Å². The minimum absolute atomic E-state index is 0.0525. The van der Waals surface area contributed by atoms with Crippen molar-refractivity contribution in [1.29, 1.82) is 0 Å². The van der Waals surface area contributed by atoms with Crippen LogP contribution >= 0.6 is 0 Å². The SMILES string of the molecule is O=C(CN1CCCC1=O)NCCCc1ccccc1. The maximum atomic E-state index is 11.7. The fourth-order valence-electron chi connectivity index (χ4n) is 2.27. The Morgan fingerprint density at radius 3 is 2.74 bits per heavy atom. The average Bonchev–Trinajstić information content (AvgIpc) is 2.82. The number of hydrogen-bond donors (Lipinski definition) is 1. The van der Waals surface area contributed by atoms with Gasteiger partial charge in [0.25, 0.3) is 0 Å². The summed E-state index contributed by atoms with van der Waals surface area (Å²) in [5.41, 5.74) is 1.28. The Morgan fingerprint density at radius 2 is 2.05 bits per heavy atom. The third-order valence-corrected chi connectivity index (χ3v) is 3.31. The molecule has 0 atom stereocenters. The molecule has 0 aliphatic carbocycles. The lowest BCUT2D eigenvalue weighted by Crippen LogP contribution is -2.38. The minimum Gasteiger partial charge on any atom is -0.355 e. The van der Waals surface area contributed by atoms with Gasteiger partial charge >= 0.3 is 0 Å². The molecule has 1 N–H and O–H groups in total. The molecule has 4 heteroatoms. The maximum Gasteiger partial charge on any atom is 0.239 e. The summed E-state index contributed by atoms with van der Waals surface area (Å²) in [5, 5.41) is 2.87. The van der Waals surface area contributed by atoms with Crippen LogP contribution in [0.4, 0.5) is 0 Å². The molecule has 1 fully saturated rings. The van der Waals surface area contributed by atoms with E-state index >= 15 is 0 Å². The molecular weight excluding hydrogens is 240 g/mol. The lowest BCUT2D eigenvalue weighted by Gasteiger charge is -2.14. The van der Waals surface area contributed by atoms with Gasteiger partial charge in [0, 0.05) is 19.5 Å². The normalized spacial score (nSPS) is 14.7. The first-order valence-corrected chi connectivity index (χ1v) is 6.84.